The summed E-state index contributed by atoms with van der Waals surface area (Å²) in [6.45, 7) is 3.27. The molecule has 0 heterocycles. The standard InChI is InChI=1S/C25H24N4O4S/c1-19-3-9-22(10-4-19)29(34(31,32)24-13-5-20(2)6-14-24)18-25(30)28-27-17-21-7-11-23(12-8-21)33-16-15-26/h3-14,17H,16,18H2,1-2H3,(H,28,30)/b27-17-. The Morgan fingerprint density at radius 2 is 1.59 bits per heavy atom. The molecule has 0 aliphatic carbocycles. The first kappa shape index (κ1) is 24.5. The second kappa shape index (κ2) is 11.1. The fraction of sp³-hybridized carbons (Fsp3) is 0.160. The summed E-state index contributed by atoms with van der Waals surface area (Å²) in [6.07, 6.45) is 1.43. The molecule has 3 rings (SSSR count). The first-order valence-corrected chi connectivity index (χ1v) is 11.8. The highest BCUT2D eigenvalue weighted by atomic mass is 32.2. The molecule has 0 spiro atoms. The number of carbonyl (C=O) groups is 1. The van der Waals surface area contributed by atoms with Crippen LogP contribution in [0.5, 0.6) is 5.75 Å². The molecule has 3 aromatic rings. The minimum Gasteiger partial charge on any atom is -0.479 e. The van der Waals surface area contributed by atoms with E-state index < -0.39 is 22.5 Å². The van der Waals surface area contributed by atoms with Gasteiger partial charge in [0.1, 0.15) is 18.4 Å². The number of amides is 1. The van der Waals surface area contributed by atoms with Crippen LogP contribution in [0, 0.1) is 25.2 Å². The first-order chi connectivity index (χ1) is 16.3. The lowest BCUT2D eigenvalue weighted by molar-refractivity contribution is -0.119. The minimum atomic E-state index is -3.98. The lowest BCUT2D eigenvalue weighted by Gasteiger charge is -2.24. The molecule has 8 nitrogen and oxygen atoms in total. The van der Waals surface area contributed by atoms with E-state index in [2.05, 4.69) is 10.5 Å². The summed E-state index contributed by atoms with van der Waals surface area (Å²) in [5, 5.41) is 12.5. The number of sulfonamides is 1. The van der Waals surface area contributed by atoms with Crippen molar-refractivity contribution in [2.24, 2.45) is 5.10 Å². The number of nitrogens with zero attached hydrogens (tertiary/aromatic N) is 3. The maximum absolute atomic E-state index is 13.3. The quantitative estimate of drug-likeness (QED) is 0.375. The van der Waals surface area contributed by atoms with Gasteiger partial charge in [0.25, 0.3) is 15.9 Å². The van der Waals surface area contributed by atoms with Crippen LogP contribution in [0.15, 0.2) is 82.8 Å². The molecular weight excluding hydrogens is 452 g/mol. The molecule has 9 heteroatoms. The maximum Gasteiger partial charge on any atom is 0.264 e. The Labute approximate surface area is 199 Å². The number of rotatable bonds is 9. The maximum atomic E-state index is 13.3. The predicted molar refractivity (Wildman–Crippen MR) is 130 cm³/mol. The highest BCUT2D eigenvalue weighted by Gasteiger charge is 2.27. The van der Waals surface area contributed by atoms with Crippen LogP contribution >= 0.6 is 0 Å². The number of hydrogen-bond acceptors (Lipinski definition) is 6. The summed E-state index contributed by atoms with van der Waals surface area (Å²) in [5.41, 5.74) is 5.33. The van der Waals surface area contributed by atoms with Crippen LogP contribution in [-0.4, -0.2) is 33.7 Å². The van der Waals surface area contributed by atoms with Crippen LogP contribution in [0.4, 0.5) is 5.69 Å². The highest BCUT2D eigenvalue weighted by molar-refractivity contribution is 7.92. The molecule has 0 unspecified atom stereocenters. The van der Waals surface area contributed by atoms with Crippen molar-refractivity contribution >= 4 is 27.8 Å². The molecule has 0 aliphatic heterocycles. The lowest BCUT2D eigenvalue weighted by atomic mass is 10.2. The number of nitriles is 1. The molecule has 1 amide bonds. The van der Waals surface area contributed by atoms with E-state index >= 15 is 0 Å². The fourth-order valence-corrected chi connectivity index (χ4v) is 4.39. The van der Waals surface area contributed by atoms with E-state index in [0.717, 1.165) is 15.4 Å². The fourth-order valence-electron chi connectivity index (χ4n) is 2.97. The highest BCUT2D eigenvalue weighted by Crippen LogP contribution is 2.24. The summed E-state index contributed by atoms with van der Waals surface area (Å²) in [7, 11) is -3.98. The Bertz CT molecular complexity index is 1300. The number of hydrogen-bond donors (Lipinski definition) is 1. The summed E-state index contributed by atoms with van der Waals surface area (Å²) >= 11 is 0. The third kappa shape index (κ3) is 6.43. The molecular formula is C25H24N4O4S. The second-order valence-corrected chi connectivity index (χ2v) is 9.33. The van der Waals surface area contributed by atoms with Crippen molar-refractivity contribution in [2.45, 2.75) is 18.7 Å². The number of ether oxygens (including phenoxy) is 1. The molecule has 3 aromatic carbocycles. The van der Waals surface area contributed by atoms with E-state index in [1.165, 1.54) is 18.3 Å². The van der Waals surface area contributed by atoms with E-state index in [1.807, 2.05) is 19.9 Å². The van der Waals surface area contributed by atoms with Crippen molar-refractivity contribution in [3.05, 3.63) is 89.5 Å². The number of carbonyl (C=O) groups excluding carboxylic acids is 1. The Morgan fingerprint density at radius 1 is 1.00 bits per heavy atom. The largest absolute Gasteiger partial charge is 0.479 e. The van der Waals surface area contributed by atoms with Gasteiger partial charge in [-0.2, -0.15) is 10.4 Å². The van der Waals surface area contributed by atoms with Gasteiger partial charge in [-0.15, -0.1) is 0 Å². The van der Waals surface area contributed by atoms with Crippen molar-refractivity contribution in [3.63, 3.8) is 0 Å². The van der Waals surface area contributed by atoms with E-state index in [4.69, 9.17) is 10.00 Å². The Balaban J connectivity index is 1.75. The summed E-state index contributed by atoms with van der Waals surface area (Å²) in [6, 6.07) is 22.0. The molecule has 0 fully saturated rings. The van der Waals surface area contributed by atoms with Crippen molar-refractivity contribution in [3.8, 4) is 11.8 Å². The number of hydrazone groups is 1. The predicted octanol–water partition coefficient (Wildman–Crippen LogP) is 3.55. The summed E-state index contributed by atoms with van der Waals surface area (Å²) in [5.74, 6) is -0.0562. The van der Waals surface area contributed by atoms with Gasteiger partial charge in [-0.3, -0.25) is 9.10 Å². The van der Waals surface area contributed by atoms with Crippen LogP contribution in [-0.2, 0) is 14.8 Å². The van der Waals surface area contributed by atoms with Crippen molar-refractivity contribution in [1.29, 1.82) is 5.26 Å². The molecule has 0 saturated heterocycles. The van der Waals surface area contributed by atoms with Gasteiger partial charge in [-0.05, 0) is 67.9 Å². The second-order valence-electron chi connectivity index (χ2n) is 7.47. The average Bonchev–Trinajstić information content (AvgIpc) is 2.83. The van der Waals surface area contributed by atoms with Gasteiger partial charge in [0, 0.05) is 0 Å². The van der Waals surface area contributed by atoms with Crippen LogP contribution in [0.1, 0.15) is 16.7 Å². The summed E-state index contributed by atoms with van der Waals surface area (Å²) < 4.78 is 32.9. The van der Waals surface area contributed by atoms with Gasteiger partial charge in [-0.1, -0.05) is 35.4 Å². The molecule has 174 valence electrons. The van der Waals surface area contributed by atoms with Crippen molar-refractivity contribution < 1.29 is 17.9 Å². The van der Waals surface area contributed by atoms with E-state index in [9.17, 15) is 13.2 Å². The number of anilines is 1. The van der Waals surface area contributed by atoms with Gasteiger partial charge in [0.05, 0.1) is 16.8 Å². The topological polar surface area (TPSA) is 112 Å². The first-order valence-electron chi connectivity index (χ1n) is 10.4. The van der Waals surface area contributed by atoms with Crippen LogP contribution in [0.2, 0.25) is 0 Å². The molecule has 0 aliphatic rings. The molecule has 0 bridgehead atoms. The van der Waals surface area contributed by atoms with Gasteiger partial charge >= 0.3 is 0 Å². The van der Waals surface area contributed by atoms with E-state index in [0.29, 0.717) is 17.0 Å². The Morgan fingerprint density at radius 3 is 2.18 bits per heavy atom. The smallest absolute Gasteiger partial charge is 0.264 e. The molecule has 1 N–H and O–H groups in total. The molecule has 0 saturated carbocycles. The zero-order valence-electron chi connectivity index (χ0n) is 18.8. The summed E-state index contributed by atoms with van der Waals surface area (Å²) in [4.78, 5) is 12.7. The third-order valence-electron chi connectivity index (χ3n) is 4.80. The van der Waals surface area contributed by atoms with E-state index in [-0.39, 0.29) is 11.5 Å². The average molecular weight is 477 g/mol. The number of aryl methyl sites for hydroxylation is 2. The number of benzene rings is 3. The van der Waals surface area contributed by atoms with Crippen LogP contribution < -0.4 is 14.5 Å². The molecule has 34 heavy (non-hydrogen) atoms. The van der Waals surface area contributed by atoms with Gasteiger partial charge in [-0.25, -0.2) is 13.8 Å². The van der Waals surface area contributed by atoms with Crippen molar-refractivity contribution in [1.82, 2.24) is 5.43 Å². The Kier molecular flexibility index (Phi) is 8.01. The van der Waals surface area contributed by atoms with Crippen LogP contribution in [0.25, 0.3) is 0 Å². The molecule has 0 radical (unpaired) electrons. The number of nitrogens with one attached hydrogen (secondary N) is 1. The third-order valence-corrected chi connectivity index (χ3v) is 6.59. The van der Waals surface area contributed by atoms with Crippen molar-refractivity contribution in [2.75, 3.05) is 17.5 Å². The zero-order valence-corrected chi connectivity index (χ0v) is 19.6. The van der Waals surface area contributed by atoms with E-state index in [1.54, 1.807) is 60.7 Å². The normalized spacial score (nSPS) is 11.1. The molecule has 0 atom stereocenters. The van der Waals surface area contributed by atoms with Gasteiger partial charge in [0.2, 0.25) is 0 Å². The minimum absolute atomic E-state index is 0.0491. The Hall–Kier alpha value is -4.16. The SMILES string of the molecule is Cc1ccc(N(CC(=O)N/N=C\c2ccc(OCC#N)cc2)S(=O)(=O)c2ccc(C)cc2)cc1. The zero-order chi connectivity index (χ0) is 24.6. The molecule has 0 aromatic heterocycles. The van der Waals surface area contributed by atoms with Gasteiger partial charge in [0.15, 0.2) is 6.61 Å². The van der Waals surface area contributed by atoms with Gasteiger partial charge < -0.3 is 4.74 Å². The monoisotopic (exact) mass is 476 g/mol. The lowest BCUT2D eigenvalue weighted by Crippen LogP contribution is -2.39. The van der Waals surface area contributed by atoms with Crippen LogP contribution in [0.3, 0.4) is 0 Å².